The first-order chi connectivity index (χ1) is 8.69. The normalized spacial score (nSPS) is 13.0. The van der Waals surface area contributed by atoms with Gasteiger partial charge in [0.15, 0.2) is 5.75 Å². The summed E-state index contributed by atoms with van der Waals surface area (Å²) >= 11 is 5.72. The minimum absolute atomic E-state index is 0.00341. The van der Waals surface area contributed by atoms with E-state index in [4.69, 9.17) is 27.0 Å². The van der Waals surface area contributed by atoms with Crippen molar-refractivity contribution in [2.75, 3.05) is 12.4 Å². The van der Waals surface area contributed by atoms with Crippen LogP contribution in [-0.4, -0.2) is 25.7 Å². The van der Waals surface area contributed by atoms with E-state index in [2.05, 4.69) is 0 Å². The Morgan fingerprint density at radius 3 is 2.63 bits per heavy atom. The van der Waals surface area contributed by atoms with Crippen LogP contribution in [-0.2, 0) is 9.05 Å². The summed E-state index contributed by atoms with van der Waals surface area (Å²) in [5.41, 5.74) is -0.231. The molecular weight excluding hydrogens is 317 g/mol. The molecule has 0 saturated carbocycles. The summed E-state index contributed by atoms with van der Waals surface area (Å²) in [5.74, 6) is -0.680. The van der Waals surface area contributed by atoms with Gasteiger partial charge in [-0.15, -0.1) is 0 Å². The van der Waals surface area contributed by atoms with E-state index < -0.39 is 19.9 Å². The topological polar surface area (TPSA) is 86.5 Å². The van der Waals surface area contributed by atoms with Crippen LogP contribution in [0.4, 0.5) is 5.69 Å². The Morgan fingerprint density at radius 2 is 2.11 bits per heavy atom. The number of halogens is 2. The van der Waals surface area contributed by atoms with Gasteiger partial charge in [-0.3, -0.25) is 10.1 Å². The largest absolute Gasteiger partial charge is 0.486 e. The number of nitro groups is 1. The summed E-state index contributed by atoms with van der Waals surface area (Å²) in [6.45, 7) is 1.59. The average Bonchev–Trinajstić information content (AvgIpc) is 2.23. The summed E-state index contributed by atoms with van der Waals surface area (Å²) in [7, 11) is 1.47. The second kappa shape index (κ2) is 6.40. The molecule has 9 heteroatoms. The van der Waals surface area contributed by atoms with Crippen molar-refractivity contribution < 1.29 is 18.1 Å². The summed E-state index contributed by atoms with van der Waals surface area (Å²) < 4.78 is 27.0. The minimum Gasteiger partial charge on any atom is -0.486 e. The Morgan fingerprint density at radius 1 is 1.47 bits per heavy atom. The molecule has 0 fully saturated rings. The second-order valence-corrected chi connectivity index (χ2v) is 7.25. The predicted molar refractivity (Wildman–Crippen MR) is 72.4 cm³/mol. The number of benzene rings is 1. The van der Waals surface area contributed by atoms with Gasteiger partial charge in [0.05, 0.1) is 17.3 Å². The molecule has 1 aromatic carbocycles. The molecule has 0 aliphatic rings. The van der Waals surface area contributed by atoms with Gasteiger partial charge in [-0.2, -0.15) is 0 Å². The van der Waals surface area contributed by atoms with Crippen LogP contribution in [0.25, 0.3) is 0 Å². The lowest BCUT2D eigenvalue weighted by molar-refractivity contribution is -0.385. The van der Waals surface area contributed by atoms with Gasteiger partial charge in [0.25, 0.3) is 0 Å². The van der Waals surface area contributed by atoms with Gasteiger partial charge in [-0.05, 0) is 6.07 Å². The lowest BCUT2D eigenvalue weighted by Crippen LogP contribution is -2.16. The maximum Gasteiger partial charge on any atom is 0.311 e. The highest BCUT2D eigenvalue weighted by Gasteiger charge is 2.18. The summed E-state index contributed by atoms with van der Waals surface area (Å²) in [5, 5.41) is 11.1. The lowest BCUT2D eigenvalue weighted by Gasteiger charge is -2.11. The highest BCUT2D eigenvalue weighted by molar-refractivity contribution is 8.13. The molecule has 0 heterocycles. The van der Waals surface area contributed by atoms with Crippen LogP contribution >= 0.6 is 22.3 Å². The van der Waals surface area contributed by atoms with E-state index in [9.17, 15) is 18.5 Å². The van der Waals surface area contributed by atoms with Crippen LogP contribution in [0.3, 0.4) is 0 Å². The van der Waals surface area contributed by atoms with Crippen LogP contribution in [0.15, 0.2) is 18.2 Å². The van der Waals surface area contributed by atoms with Crippen molar-refractivity contribution in [1.29, 1.82) is 0 Å². The molecule has 0 amide bonds. The maximum atomic E-state index is 10.9. The summed E-state index contributed by atoms with van der Waals surface area (Å²) in [4.78, 5) is 10.2. The van der Waals surface area contributed by atoms with Crippen LogP contribution in [0, 0.1) is 16.0 Å². The Bertz CT molecular complexity index is 575. The maximum absolute atomic E-state index is 10.9. The van der Waals surface area contributed by atoms with Crippen molar-refractivity contribution >= 4 is 37.0 Å². The third-order valence-corrected chi connectivity index (χ3v) is 3.71. The zero-order valence-electron chi connectivity index (χ0n) is 9.88. The molecule has 0 spiro atoms. The number of nitrogens with zero attached hydrogens (tertiary/aromatic N) is 1. The highest BCUT2D eigenvalue weighted by atomic mass is 35.7. The Labute approximate surface area is 119 Å². The van der Waals surface area contributed by atoms with E-state index in [1.165, 1.54) is 18.2 Å². The summed E-state index contributed by atoms with van der Waals surface area (Å²) in [6.07, 6.45) is 0. The number of ether oxygens (including phenoxy) is 1. The highest BCUT2D eigenvalue weighted by Crippen LogP contribution is 2.30. The Balaban J connectivity index is 2.77. The van der Waals surface area contributed by atoms with Gasteiger partial charge >= 0.3 is 5.69 Å². The first-order valence-electron chi connectivity index (χ1n) is 5.18. The van der Waals surface area contributed by atoms with Crippen molar-refractivity contribution in [2.24, 2.45) is 5.92 Å². The van der Waals surface area contributed by atoms with Gasteiger partial charge in [-0.1, -0.05) is 18.5 Å². The minimum atomic E-state index is -3.63. The Hall–Kier alpha value is -1.05. The monoisotopic (exact) mass is 327 g/mol. The molecule has 0 saturated heterocycles. The molecule has 0 aliphatic carbocycles. The standard InChI is InChI=1S/C10H11Cl2NO5S/c1-7(6-19(12,16)17)5-18-10-4-8(11)2-3-9(10)13(14)15/h2-4,7H,5-6H2,1H3. The molecule has 19 heavy (non-hydrogen) atoms. The zero-order valence-corrected chi connectivity index (χ0v) is 12.2. The van der Waals surface area contributed by atoms with Crippen molar-refractivity contribution in [3.05, 3.63) is 33.3 Å². The lowest BCUT2D eigenvalue weighted by atomic mass is 10.2. The zero-order chi connectivity index (χ0) is 14.6. The van der Waals surface area contributed by atoms with Gasteiger partial charge in [0, 0.05) is 33.8 Å². The van der Waals surface area contributed by atoms with E-state index in [1.54, 1.807) is 6.92 Å². The SMILES string of the molecule is CC(COc1cc(Cl)ccc1[N+](=O)[O-])CS(=O)(=O)Cl. The van der Waals surface area contributed by atoms with Gasteiger partial charge in [0.2, 0.25) is 9.05 Å². The smallest absolute Gasteiger partial charge is 0.311 e. The molecular formula is C10H11Cl2NO5S. The molecule has 1 aromatic rings. The molecule has 0 aliphatic heterocycles. The van der Waals surface area contributed by atoms with E-state index in [0.717, 1.165) is 0 Å². The first-order valence-corrected chi connectivity index (χ1v) is 8.04. The molecule has 0 radical (unpaired) electrons. The molecule has 0 bridgehead atoms. The second-order valence-electron chi connectivity index (χ2n) is 3.99. The fraction of sp³-hybridized carbons (Fsp3) is 0.400. The van der Waals surface area contributed by atoms with Crippen LogP contribution in [0.1, 0.15) is 6.92 Å². The third-order valence-electron chi connectivity index (χ3n) is 2.13. The van der Waals surface area contributed by atoms with Crippen LogP contribution in [0.5, 0.6) is 5.75 Å². The van der Waals surface area contributed by atoms with Gasteiger partial charge < -0.3 is 4.74 Å². The van der Waals surface area contributed by atoms with E-state index in [1.807, 2.05) is 0 Å². The number of rotatable bonds is 6. The average molecular weight is 328 g/mol. The van der Waals surface area contributed by atoms with E-state index in [0.29, 0.717) is 5.02 Å². The van der Waals surface area contributed by atoms with Crippen molar-refractivity contribution in [2.45, 2.75) is 6.92 Å². The van der Waals surface area contributed by atoms with Crippen molar-refractivity contribution in [3.63, 3.8) is 0 Å². The number of hydrogen-bond donors (Lipinski definition) is 0. The molecule has 0 N–H and O–H groups in total. The van der Waals surface area contributed by atoms with Crippen LogP contribution in [0.2, 0.25) is 5.02 Å². The fourth-order valence-corrected chi connectivity index (χ4v) is 2.96. The molecule has 0 aromatic heterocycles. The Kier molecular flexibility index (Phi) is 5.39. The summed E-state index contributed by atoms with van der Waals surface area (Å²) in [6, 6.07) is 3.90. The fourth-order valence-electron chi connectivity index (χ4n) is 1.37. The van der Waals surface area contributed by atoms with E-state index >= 15 is 0 Å². The molecule has 1 unspecified atom stereocenters. The predicted octanol–water partition coefficient (Wildman–Crippen LogP) is 2.83. The van der Waals surface area contributed by atoms with E-state index in [-0.39, 0.29) is 23.8 Å². The molecule has 1 atom stereocenters. The van der Waals surface area contributed by atoms with Gasteiger partial charge in [-0.25, -0.2) is 8.42 Å². The van der Waals surface area contributed by atoms with Crippen molar-refractivity contribution in [1.82, 2.24) is 0 Å². The molecule has 1 rings (SSSR count). The third kappa shape index (κ3) is 5.63. The van der Waals surface area contributed by atoms with Gasteiger partial charge in [0.1, 0.15) is 0 Å². The molecule has 106 valence electrons. The quantitative estimate of drug-likeness (QED) is 0.455. The van der Waals surface area contributed by atoms with Crippen molar-refractivity contribution in [3.8, 4) is 5.75 Å². The number of hydrogen-bond acceptors (Lipinski definition) is 5. The first kappa shape index (κ1) is 16.0. The molecule has 6 nitrogen and oxygen atoms in total. The van der Waals surface area contributed by atoms with Crippen LogP contribution < -0.4 is 4.74 Å². The number of nitro benzene ring substituents is 1.